The molecule has 0 unspecified atom stereocenters. The fraction of sp³-hybridized carbons (Fsp3) is 0.227. The molecule has 5 rings (SSSR count). The van der Waals surface area contributed by atoms with Crippen molar-refractivity contribution in [1.82, 2.24) is 15.4 Å². The normalized spacial score (nSPS) is 15.3. The van der Waals surface area contributed by atoms with Gasteiger partial charge in [-0.2, -0.15) is 4.31 Å². The molecule has 0 saturated carbocycles. The molecule has 0 fully saturated rings. The Kier molecular flexibility index (Phi) is 5.46. The average Bonchev–Trinajstić information content (AvgIpc) is 3.18. The Balaban J connectivity index is 0.00000218. The number of ether oxygens (including phenoxy) is 2. The zero-order chi connectivity index (χ0) is 19.8. The first-order valence-electron chi connectivity index (χ1n) is 9.50. The van der Waals surface area contributed by atoms with Gasteiger partial charge in [0.05, 0.1) is 4.90 Å². The summed E-state index contributed by atoms with van der Waals surface area (Å²) >= 11 is 0. The molecule has 0 atom stereocenters. The van der Waals surface area contributed by atoms with Crippen LogP contribution in [0.5, 0.6) is 11.5 Å². The van der Waals surface area contributed by atoms with Gasteiger partial charge in [0.15, 0.2) is 11.5 Å². The van der Waals surface area contributed by atoms with Gasteiger partial charge < -0.3 is 15.6 Å². The van der Waals surface area contributed by atoms with Crippen LogP contribution in [-0.2, 0) is 29.5 Å². The molecule has 2 aliphatic rings. The first-order chi connectivity index (χ1) is 14.1. The summed E-state index contributed by atoms with van der Waals surface area (Å²) < 4.78 is 38.9. The quantitative estimate of drug-likeness (QED) is 0.688. The highest BCUT2D eigenvalue weighted by Crippen LogP contribution is 2.35. The number of pyridine rings is 1. The fourth-order valence-corrected chi connectivity index (χ4v) is 5.12. The lowest BCUT2D eigenvalue weighted by molar-refractivity contribution is 0.171. The van der Waals surface area contributed by atoms with E-state index >= 15 is 0 Å². The van der Waals surface area contributed by atoms with Crippen LogP contribution >= 0.6 is 0 Å². The number of hydrogen-bond acceptors (Lipinski definition) is 6. The van der Waals surface area contributed by atoms with Gasteiger partial charge in [0.2, 0.25) is 10.0 Å². The average molecular weight is 426 g/mol. The number of fused-ring (bicyclic) bond motifs is 2. The zero-order valence-electron chi connectivity index (χ0n) is 16.5. The summed E-state index contributed by atoms with van der Waals surface area (Å²) in [6.45, 7) is 1.56. The molecule has 0 bridgehead atoms. The molecule has 30 heavy (non-hydrogen) atoms. The van der Waals surface area contributed by atoms with Gasteiger partial charge in [-0.25, -0.2) is 8.42 Å². The molecule has 3 heterocycles. The lowest BCUT2D eigenvalue weighted by Crippen LogP contribution is -2.26. The summed E-state index contributed by atoms with van der Waals surface area (Å²) in [5.41, 5.74) is 4.07. The van der Waals surface area contributed by atoms with Crippen LogP contribution < -0.4 is 15.6 Å². The van der Waals surface area contributed by atoms with Crippen molar-refractivity contribution < 1.29 is 17.9 Å². The number of nitrogens with zero attached hydrogens (tertiary/aromatic N) is 2. The predicted octanol–water partition coefficient (Wildman–Crippen LogP) is 3.31. The van der Waals surface area contributed by atoms with Crippen LogP contribution in [0.1, 0.15) is 22.4 Å². The maximum atomic E-state index is 13.2. The second-order valence-corrected chi connectivity index (χ2v) is 9.12. The van der Waals surface area contributed by atoms with E-state index in [2.05, 4.69) is 17.1 Å². The number of rotatable bonds is 4. The van der Waals surface area contributed by atoms with E-state index in [4.69, 9.17) is 9.47 Å². The van der Waals surface area contributed by atoms with Crippen molar-refractivity contribution in [3.05, 3.63) is 83.2 Å². The van der Waals surface area contributed by atoms with E-state index in [-0.39, 0.29) is 11.0 Å². The minimum Gasteiger partial charge on any atom is -0.486 e. The van der Waals surface area contributed by atoms with Crippen molar-refractivity contribution in [3.63, 3.8) is 0 Å². The van der Waals surface area contributed by atoms with Crippen LogP contribution in [0.4, 0.5) is 0 Å². The summed E-state index contributed by atoms with van der Waals surface area (Å²) in [6, 6.07) is 16.9. The highest BCUT2D eigenvalue weighted by atomic mass is 32.2. The van der Waals surface area contributed by atoms with Crippen molar-refractivity contribution in [3.8, 4) is 11.5 Å². The Hall–Kier alpha value is -2.94. The number of aromatic nitrogens is 1. The maximum absolute atomic E-state index is 13.2. The van der Waals surface area contributed by atoms with Crippen molar-refractivity contribution >= 4 is 10.0 Å². The van der Waals surface area contributed by atoms with E-state index in [1.165, 1.54) is 9.87 Å². The Bertz CT molecular complexity index is 1170. The Morgan fingerprint density at radius 2 is 1.63 bits per heavy atom. The second-order valence-electron chi connectivity index (χ2n) is 7.19. The van der Waals surface area contributed by atoms with Gasteiger partial charge in [-0.05, 0) is 34.9 Å². The van der Waals surface area contributed by atoms with Gasteiger partial charge in [0.1, 0.15) is 13.2 Å². The summed E-state index contributed by atoms with van der Waals surface area (Å²) in [5, 5.41) is 0. The number of sulfonamides is 1. The standard InChI is InChI=1S/C22H20N2O4S.H3N/c25-29(26,20-6-7-21-22(12-20)28-9-8-27-21)24-14-17-11-19(23-13-18(17)15-24)10-16-4-2-1-3-5-16;/h1-7,11-13H,8-10,14-15H2;1H3. The minimum atomic E-state index is -3.64. The summed E-state index contributed by atoms with van der Waals surface area (Å²) in [4.78, 5) is 4.75. The summed E-state index contributed by atoms with van der Waals surface area (Å²) in [7, 11) is -3.64. The molecular formula is C22H23N3O4S. The Morgan fingerprint density at radius 1 is 0.900 bits per heavy atom. The van der Waals surface area contributed by atoms with Gasteiger partial charge in [-0.1, -0.05) is 30.3 Å². The van der Waals surface area contributed by atoms with Gasteiger partial charge in [-0.3, -0.25) is 4.98 Å². The zero-order valence-corrected chi connectivity index (χ0v) is 17.3. The van der Waals surface area contributed by atoms with Crippen LogP contribution in [-0.4, -0.2) is 30.9 Å². The van der Waals surface area contributed by atoms with Crippen LogP contribution in [0.2, 0.25) is 0 Å². The van der Waals surface area contributed by atoms with Crippen LogP contribution in [0.25, 0.3) is 0 Å². The molecular weight excluding hydrogens is 402 g/mol. The van der Waals surface area contributed by atoms with Crippen molar-refractivity contribution in [2.24, 2.45) is 0 Å². The smallest absolute Gasteiger partial charge is 0.243 e. The maximum Gasteiger partial charge on any atom is 0.243 e. The van der Waals surface area contributed by atoms with E-state index < -0.39 is 10.0 Å². The van der Waals surface area contributed by atoms with E-state index in [9.17, 15) is 8.42 Å². The van der Waals surface area contributed by atoms with Crippen LogP contribution in [0.15, 0.2) is 65.7 Å². The van der Waals surface area contributed by atoms with Crippen LogP contribution in [0.3, 0.4) is 0 Å². The Labute approximate surface area is 175 Å². The second kappa shape index (κ2) is 8.06. The van der Waals surface area contributed by atoms with E-state index in [0.717, 1.165) is 23.2 Å². The number of benzene rings is 2. The molecule has 2 aromatic carbocycles. The third kappa shape index (κ3) is 3.77. The summed E-state index contributed by atoms with van der Waals surface area (Å²) in [6.07, 6.45) is 2.52. The van der Waals surface area contributed by atoms with E-state index in [0.29, 0.717) is 37.8 Å². The lowest BCUT2D eigenvalue weighted by atomic mass is 10.1. The molecule has 0 amide bonds. The molecule has 8 heteroatoms. The molecule has 0 radical (unpaired) electrons. The highest BCUT2D eigenvalue weighted by molar-refractivity contribution is 7.89. The molecule has 0 aliphatic carbocycles. The molecule has 3 aromatic rings. The highest BCUT2D eigenvalue weighted by Gasteiger charge is 2.32. The van der Waals surface area contributed by atoms with Crippen LogP contribution in [0, 0.1) is 0 Å². The minimum absolute atomic E-state index is 0. The largest absolute Gasteiger partial charge is 0.486 e. The Morgan fingerprint density at radius 3 is 2.43 bits per heavy atom. The first-order valence-corrected chi connectivity index (χ1v) is 10.9. The van der Waals surface area contributed by atoms with Gasteiger partial charge in [-0.15, -0.1) is 0 Å². The monoisotopic (exact) mass is 425 g/mol. The third-order valence-electron chi connectivity index (χ3n) is 5.21. The first kappa shape index (κ1) is 20.3. The van der Waals surface area contributed by atoms with Gasteiger partial charge in [0.25, 0.3) is 0 Å². The molecule has 7 nitrogen and oxygen atoms in total. The fourth-order valence-electron chi connectivity index (χ4n) is 3.71. The molecule has 0 spiro atoms. The van der Waals surface area contributed by atoms with E-state index in [1.807, 2.05) is 24.3 Å². The van der Waals surface area contributed by atoms with Gasteiger partial charge in [0, 0.05) is 37.5 Å². The molecule has 1 aromatic heterocycles. The summed E-state index contributed by atoms with van der Waals surface area (Å²) in [5.74, 6) is 1.05. The lowest BCUT2D eigenvalue weighted by Gasteiger charge is -2.20. The van der Waals surface area contributed by atoms with Crippen molar-refractivity contribution in [2.75, 3.05) is 13.2 Å². The predicted molar refractivity (Wildman–Crippen MR) is 112 cm³/mol. The number of hydrogen-bond donors (Lipinski definition) is 1. The topological polar surface area (TPSA) is 104 Å². The third-order valence-corrected chi connectivity index (χ3v) is 7.00. The molecule has 0 saturated heterocycles. The molecule has 156 valence electrons. The molecule has 3 N–H and O–H groups in total. The van der Waals surface area contributed by atoms with Crippen molar-refractivity contribution in [1.29, 1.82) is 0 Å². The van der Waals surface area contributed by atoms with E-state index in [1.54, 1.807) is 24.4 Å². The van der Waals surface area contributed by atoms with Crippen molar-refractivity contribution in [2.45, 2.75) is 24.4 Å². The SMILES string of the molecule is N.O=S(=O)(c1ccc2c(c1)OCCO2)N1Cc2cnc(Cc3ccccc3)cc2C1. The van der Waals surface area contributed by atoms with Gasteiger partial charge >= 0.3 is 0 Å². The molecule has 2 aliphatic heterocycles.